The van der Waals surface area contributed by atoms with Crippen LogP contribution in [0.5, 0.6) is 5.75 Å². The maximum atomic E-state index is 9.70. The Morgan fingerprint density at radius 2 is 2.07 bits per heavy atom. The molecule has 3 heteroatoms. The highest BCUT2D eigenvalue weighted by atomic mass is 32.1. The maximum Gasteiger partial charge on any atom is 0.135 e. The van der Waals surface area contributed by atoms with Gasteiger partial charge in [-0.3, -0.25) is 0 Å². The Morgan fingerprint density at radius 3 is 2.80 bits per heavy atom. The van der Waals surface area contributed by atoms with Gasteiger partial charge < -0.3 is 5.11 Å². The van der Waals surface area contributed by atoms with Gasteiger partial charge in [0, 0.05) is 5.92 Å². The highest BCUT2D eigenvalue weighted by molar-refractivity contribution is 7.19. The molecule has 0 amide bonds. The fourth-order valence-electron chi connectivity index (χ4n) is 2.30. The molecule has 0 spiro atoms. The van der Waals surface area contributed by atoms with Crippen LogP contribution in [0.1, 0.15) is 36.6 Å². The molecule has 1 fully saturated rings. The first kappa shape index (κ1) is 9.16. The smallest absolute Gasteiger partial charge is 0.135 e. The van der Waals surface area contributed by atoms with Crippen molar-refractivity contribution in [2.75, 3.05) is 0 Å². The fraction of sp³-hybridized carbons (Fsp3) is 0.417. The summed E-state index contributed by atoms with van der Waals surface area (Å²) in [5.74, 6) is 1.01. The van der Waals surface area contributed by atoms with Crippen LogP contribution in [-0.4, -0.2) is 10.1 Å². The van der Waals surface area contributed by atoms with Crippen molar-refractivity contribution in [3.63, 3.8) is 0 Å². The van der Waals surface area contributed by atoms with Crippen molar-refractivity contribution < 1.29 is 5.11 Å². The van der Waals surface area contributed by atoms with Crippen molar-refractivity contribution in [1.29, 1.82) is 0 Å². The highest BCUT2D eigenvalue weighted by Crippen LogP contribution is 2.39. The van der Waals surface area contributed by atoms with Crippen LogP contribution < -0.4 is 0 Å². The van der Waals surface area contributed by atoms with Crippen molar-refractivity contribution in [3.05, 3.63) is 23.2 Å². The summed E-state index contributed by atoms with van der Waals surface area (Å²) in [6.45, 7) is 0. The summed E-state index contributed by atoms with van der Waals surface area (Å²) in [5.41, 5.74) is 0.946. The van der Waals surface area contributed by atoms with Crippen LogP contribution >= 0.6 is 11.3 Å². The average molecular weight is 219 g/mol. The number of nitrogens with zero attached hydrogens (tertiary/aromatic N) is 1. The molecule has 1 saturated carbocycles. The first-order chi connectivity index (χ1) is 7.34. The van der Waals surface area contributed by atoms with E-state index in [9.17, 15) is 5.11 Å². The van der Waals surface area contributed by atoms with Crippen LogP contribution in [0.3, 0.4) is 0 Å². The molecule has 1 aliphatic carbocycles. The van der Waals surface area contributed by atoms with E-state index in [1.54, 1.807) is 17.4 Å². The molecule has 2 aromatic rings. The lowest BCUT2D eigenvalue weighted by molar-refractivity contribution is 0.482. The van der Waals surface area contributed by atoms with E-state index in [0.29, 0.717) is 11.7 Å². The second kappa shape index (κ2) is 3.49. The van der Waals surface area contributed by atoms with E-state index in [2.05, 4.69) is 4.98 Å². The zero-order valence-electron chi connectivity index (χ0n) is 8.44. The molecule has 3 rings (SSSR count). The van der Waals surface area contributed by atoms with Crippen LogP contribution in [0.25, 0.3) is 10.2 Å². The summed E-state index contributed by atoms with van der Waals surface area (Å²) in [7, 11) is 0. The quantitative estimate of drug-likeness (QED) is 0.794. The molecule has 0 saturated heterocycles. The maximum absolute atomic E-state index is 9.70. The predicted octanol–water partition coefficient (Wildman–Crippen LogP) is 3.66. The molecule has 0 bridgehead atoms. The molecule has 15 heavy (non-hydrogen) atoms. The fourth-order valence-corrected chi connectivity index (χ4v) is 3.45. The van der Waals surface area contributed by atoms with Crippen molar-refractivity contribution in [3.8, 4) is 5.75 Å². The van der Waals surface area contributed by atoms with Crippen LogP contribution in [0, 0.1) is 0 Å². The van der Waals surface area contributed by atoms with Gasteiger partial charge in [0.2, 0.25) is 0 Å². The third kappa shape index (κ3) is 1.51. The number of benzene rings is 1. The molecule has 2 nitrogen and oxygen atoms in total. The van der Waals surface area contributed by atoms with Crippen molar-refractivity contribution in [2.24, 2.45) is 0 Å². The van der Waals surface area contributed by atoms with Gasteiger partial charge in [-0.15, -0.1) is 11.3 Å². The topological polar surface area (TPSA) is 33.1 Å². The van der Waals surface area contributed by atoms with E-state index in [-0.39, 0.29) is 0 Å². The number of phenols is 1. The standard InChI is InChI=1S/C12H13NOS/c14-10-7-3-6-9-11(10)15-12(13-9)8-4-1-2-5-8/h3,6-8,14H,1-2,4-5H2. The Morgan fingerprint density at radius 1 is 1.27 bits per heavy atom. The Hall–Kier alpha value is -1.09. The number of aromatic nitrogens is 1. The monoisotopic (exact) mass is 219 g/mol. The summed E-state index contributed by atoms with van der Waals surface area (Å²) in [6.07, 6.45) is 5.18. The van der Waals surface area contributed by atoms with Crippen LogP contribution in [0.15, 0.2) is 18.2 Å². The van der Waals surface area contributed by atoms with E-state index in [0.717, 1.165) is 10.2 Å². The van der Waals surface area contributed by atoms with Gasteiger partial charge in [-0.05, 0) is 25.0 Å². The molecule has 0 radical (unpaired) electrons. The van der Waals surface area contributed by atoms with Crippen molar-refractivity contribution in [2.45, 2.75) is 31.6 Å². The Kier molecular flexibility index (Phi) is 2.13. The van der Waals surface area contributed by atoms with E-state index < -0.39 is 0 Å². The second-order valence-corrected chi connectivity index (χ2v) is 5.19. The van der Waals surface area contributed by atoms with E-state index in [4.69, 9.17) is 0 Å². The van der Waals surface area contributed by atoms with Gasteiger partial charge in [-0.25, -0.2) is 4.98 Å². The van der Waals surface area contributed by atoms with E-state index in [1.807, 2.05) is 12.1 Å². The van der Waals surface area contributed by atoms with Crippen molar-refractivity contribution >= 4 is 21.6 Å². The van der Waals surface area contributed by atoms with Gasteiger partial charge in [-0.2, -0.15) is 0 Å². The molecular formula is C12H13NOS. The lowest BCUT2D eigenvalue weighted by atomic mass is 10.1. The van der Waals surface area contributed by atoms with Gasteiger partial charge in [0.1, 0.15) is 5.75 Å². The van der Waals surface area contributed by atoms with Crippen molar-refractivity contribution in [1.82, 2.24) is 4.98 Å². The van der Waals surface area contributed by atoms with Crippen LogP contribution in [0.2, 0.25) is 0 Å². The molecular weight excluding hydrogens is 206 g/mol. The third-order valence-corrected chi connectivity index (χ3v) is 4.37. The SMILES string of the molecule is Oc1cccc2nc(C3CCCC3)sc12. The second-order valence-electron chi connectivity index (χ2n) is 4.16. The zero-order chi connectivity index (χ0) is 10.3. The van der Waals surface area contributed by atoms with Crippen LogP contribution in [0.4, 0.5) is 0 Å². The lowest BCUT2D eigenvalue weighted by Gasteiger charge is -2.01. The first-order valence-electron chi connectivity index (χ1n) is 5.43. The Balaban J connectivity index is 2.09. The molecule has 0 aliphatic heterocycles. The Labute approximate surface area is 92.6 Å². The first-order valence-corrected chi connectivity index (χ1v) is 6.24. The minimum Gasteiger partial charge on any atom is -0.506 e. The molecule has 1 aliphatic rings. The molecule has 78 valence electrons. The van der Waals surface area contributed by atoms with Crippen LogP contribution in [-0.2, 0) is 0 Å². The number of thiazole rings is 1. The number of fused-ring (bicyclic) bond motifs is 1. The molecule has 0 unspecified atom stereocenters. The van der Waals surface area contributed by atoms with Gasteiger partial charge >= 0.3 is 0 Å². The molecule has 1 aromatic heterocycles. The minimum absolute atomic E-state index is 0.370. The normalized spacial score (nSPS) is 17.6. The number of aromatic hydroxyl groups is 1. The number of phenolic OH excluding ortho intramolecular Hbond substituents is 1. The predicted molar refractivity (Wildman–Crippen MR) is 62.5 cm³/mol. The van der Waals surface area contributed by atoms with Gasteiger partial charge in [0.05, 0.1) is 15.2 Å². The minimum atomic E-state index is 0.370. The van der Waals surface area contributed by atoms with Gasteiger partial charge in [-0.1, -0.05) is 18.9 Å². The zero-order valence-corrected chi connectivity index (χ0v) is 9.26. The Bertz CT molecular complexity index is 485. The van der Waals surface area contributed by atoms with E-state index >= 15 is 0 Å². The molecule has 1 N–H and O–H groups in total. The van der Waals surface area contributed by atoms with E-state index in [1.165, 1.54) is 30.7 Å². The summed E-state index contributed by atoms with van der Waals surface area (Å²) in [6, 6.07) is 5.57. The average Bonchev–Trinajstić information content (AvgIpc) is 2.86. The molecule has 1 aromatic carbocycles. The number of hydrogen-bond donors (Lipinski definition) is 1. The summed E-state index contributed by atoms with van der Waals surface area (Å²) in [4.78, 5) is 4.61. The highest BCUT2D eigenvalue weighted by Gasteiger charge is 2.21. The number of rotatable bonds is 1. The number of hydrogen-bond acceptors (Lipinski definition) is 3. The largest absolute Gasteiger partial charge is 0.506 e. The molecule has 0 atom stereocenters. The lowest BCUT2D eigenvalue weighted by Crippen LogP contribution is -1.89. The third-order valence-electron chi connectivity index (χ3n) is 3.12. The summed E-state index contributed by atoms with van der Waals surface area (Å²) >= 11 is 1.66. The van der Waals surface area contributed by atoms with Gasteiger partial charge in [0.15, 0.2) is 0 Å². The summed E-state index contributed by atoms with van der Waals surface area (Å²) < 4.78 is 0.944. The van der Waals surface area contributed by atoms with Gasteiger partial charge in [0.25, 0.3) is 0 Å². The molecule has 1 heterocycles. The summed E-state index contributed by atoms with van der Waals surface area (Å²) in [5, 5.41) is 10.9.